The normalized spacial score (nSPS) is 15.3. The maximum Gasteiger partial charge on any atom is 0.251 e. The van der Waals surface area contributed by atoms with Gasteiger partial charge in [-0.1, -0.05) is 12.8 Å². The second kappa shape index (κ2) is 7.29. The maximum absolute atomic E-state index is 12.1. The van der Waals surface area contributed by atoms with Crippen molar-refractivity contribution in [3.8, 4) is 0 Å². The zero-order valence-corrected chi connectivity index (χ0v) is 12.4. The van der Waals surface area contributed by atoms with E-state index in [-0.39, 0.29) is 5.91 Å². The number of ether oxygens (including phenoxy) is 1. The van der Waals surface area contributed by atoms with E-state index in [4.69, 9.17) is 4.74 Å². The minimum Gasteiger partial charge on any atom is -0.388 e. The Labute approximate surface area is 120 Å². The third kappa shape index (κ3) is 3.97. The Kier molecular flexibility index (Phi) is 5.41. The second-order valence-electron chi connectivity index (χ2n) is 5.31. The lowest BCUT2D eigenvalue weighted by molar-refractivity contribution is 0.0581. The smallest absolute Gasteiger partial charge is 0.251 e. The molecule has 1 aliphatic rings. The highest BCUT2D eigenvalue weighted by atomic mass is 16.5. The first-order chi connectivity index (χ1) is 9.70. The Balaban J connectivity index is 1.76. The number of anilines is 1. The van der Waals surface area contributed by atoms with Crippen LogP contribution >= 0.6 is 0 Å². The molecule has 0 radical (unpaired) electrons. The molecule has 0 saturated heterocycles. The predicted octanol–water partition coefficient (Wildman–Crippen LogP) is 2.73. The number of nitrogens with one attached hydrogen (secondary N) is 2. The van der Waals surface area contributed by atoms with E-state index in [1.165, 1.54) is 25.7 Å². The molecule has 1 amide bonds. The minimum atomic E-state index is -0.0276. The van der Waals surface area contributed by atoms with Crippen molar-refractivity contribution in [1.29, 1.82) is 0 Å². The number of hydrogen-bond donors (Lipinski definition) is 2. The fourth-order valence-electron chi connectivity index (χ4n) is 2.61. The molecule has 0 bridgehead atoms. The van der Waals surface area contributed by atoms with E-state index < -0.39 is 0 Å². The highest BCUT2D eigenvalue weighted by Gasteiger charge is 2.15. The van der Waals surface area contributed by atoms with Gasteiger partial charge in [0, 0.05) is 24.8 Å². The molecule has 0 heterocycles. The average molecular weight is 276 g/mol. The molecule has 0 aliphatic heterocycles. The Morgan fingerprint density at radius 2 is 2.10 bits per heavy atom. The van der Waals surface area contributed by atoms with Gasteiger partial charge >= 0.3 is 0 Å². The van der Waals surface area contributed by atoms with E-state index >= 15 is 0 Å². The molecular weight excluding hydrogens is 252 g/mol. The summed E-state index contributed by atoms with van der Waals surface area (Å²) in [4.78, 5) is 12.1. The van der Waals surface area contributed by atoms with Crippen LogP contribution < -0.4 is 10.6 Å². The summed E-state index contributed by atoms with van der Waals surface area (Å²) in [5.41, 5.74) is 2.72. The highest BCUT2D eigenvalue weighted by Crippen LogP contribution is 2.20. The molecule has 20 heavy (non-hydrogen) atoms. The van der Waals surface area contributed by atoms with Crippen LogP contribution in [0.25, 0.3) is 0 Å². The molecule has 0 atom stereocenters. The molecule has 2 rings (SSSR count). The molecule has 0 spiro atoms. The van der Waals surface area contributed by atoms with Crippen molar-refractivity contribution in [2.24, 2.45) is 0 Å². The summed E-state index contributed by atoms with van der Waals surface area (Å²) in [6.07, 6.45) is 5.28. The van der Waals surface area contributed by atoms with Crippen LogP contribution in [0, 0.1) is 6.92 Å². The number of hydrogen-bond acceptors (Lipinski definition) is 3. The van der Waals surface area contributed by atoms with Crippen molar-refractivity contribution in [2.45, 2.75) is 38.7 Å². The van der Waals surface area contributed by atoms with Gasteiger partial charge in [0.25, 0.3) is 5.91 Å². The lowest BCUT2D eigenvalue weighted by Gasteiger charge is -2.12. The summed E-state index contributed by atoms with van der Waals surface area (Å²) in [7, 11) is 1.87. The Morgan fingerprint density at radius 1 is 1.35 bits per heavy atom. The second-order valence-corrected chi connectivity index (χ2v) is 5.31. The molecule has 4 heteroatoms. The summed E-state index contributed by atoms with van der Waals surface area (Å²) in [6, 6.07) is 5.75. The fourth-order valence-corrected chi connectivity index (χ4v) is 2.61. The molecule has 0 unspecified atom stereocenters. The molecule has 1 saturated carbocycles. The SMILES string of the molecule is CNc1ccc(C(=O)NCCOC2CCCC2)c(C)c1. The first-order valence-corrected chi connectivity index (χ1v) is 7.39. The van der Waals surface area contributed by atoms with Crippen LogP contribution in [-0.2, 0) is 4.74 Å². The molecular formula is C16H24N2O2. The van der Waals surface area contributed by atoms with Crippen molar-refractivity contribution >= 4 is 11.6 Å². The van der Waals surface area contributed by atoms with E-state index in [1.54, 1.807) is 0 Å². The molecule has 1 aliphatic carbocycles. The van der Waals surface area contributed by atoms with Gasteiger partial charge in [0.15, 0.2) is 0 Å². The van der Waals surface area contributed by atoms with Crippen LogP contribution in [0.5, 0.6) is 0 Å². The van der Waals surface area contributed by atoms with E-state index in [0.717, 1.165) is 16.8 Å². The van der Waals surface area contributed by atoms with Crippen LogP contribution in [0.3, 0.4) is 0 Å². The van der Waals surface area contributed by atoms with Gasteiger partial charge in [-0.15, -0.1) is 0 Å². The lowest BCUT2D eigenvalue weighted by atomic mass is 10.1. The van der Waals surface area contributed by atoms with Crippen molar-refractivity contribution in [2.75, 3.05) is 25.5 Å². The summed E-state index contributed by atoms with van der Waals surface area (Å²) in [5, 5.41) is 5.98. The maximum atomic E-state index is 12.1. The number of amides is 1. The van der Waals surface area contributed by atoms with E-state index in [9.17, 15) is 4.79 Å². The average Bonchev–Trinajstić information content (AvgIpc) is 2.96. The number of carbonyl (C=O) groups excluding carboxylic acids is 1. The van der Waals surface area contributed by atoms with Crippen LogP contribution in [0.15, 0.2) is 18.2 Å². The van der Waals surface area contributed by atoms with Gasteiger partial charge in [-0.3, -0.25) is 4.79 Å². The van der Waals surface area contributed by atoms with E-state index in [0.29, 0.717) is 19.3 Å². The van der Waals surface area contributed by atoms with Gasteiger partial charge < -0.3 is 15.4 Å². The van der Waals surface area contributed by atoms with E-state index in [2.05, 4.69) is 10.6 Å². The largest absolute Gasteiger partial charge is 0.388 e. The van der Waals surface area contributed by atoms with Crippen molar-refractivity contribution < 1.29 is 9.53 Å². The minimum absolute atomic E-state index is 0.0276. The van der Waals surface area contributed by atoms with Gasteiger partial charge in [0.05, 0.1) is 12.7 Å². The van der Waals surface area contributed by atoms with E-state index in [1.807, 2.05) is 32.2 Å². The zero-order chi connectivity index (χ0) is 14.4. The molecule has 4 nitrogen and oxygen atoms in total. The lowest BCUT2D eigenvalue weighted by Crippen LogP contribution is -2.29. The quantitative estimate of drug-likeness (QED) is 0.785. The molecule has 2 N–H and O–H groups in total. The van der Waals surface area contributed by atoms with Crippen LogP contribution in [0.1, 0.15) is 41.6 Å². The first-order valence-electron chi connectivity index (χ1n) is 7.39. The Bertz CT molecular complexity index is 454. The molecule has 110 valence electrons. The number of aryl methyl sites for hydroxylation is 1. The number of rotatable bonds is 6. The number of carbonyl (C=O) groups is 1. The van der Waals surface area contributed by atoms with Gasteiger partial charge in [0.1, 0.15) is 0 Å². The first kappa shape index (κ1) is 14.9. The summed E-state index contributed by atoms with van der Waals surface area (Å²) < 4.78 is 5.73. The standard InChI is InChI=1S/C16H24N2O2/c1-12-11-13(17-2)7-8-15(12)16(19)18-9-10-20-14-5-3-4-6-14/h7-8,11,14,17H,3-6,9-10H2,1-2H3,(H,18,19). The monoisotopic (exact) mass is 276 g/mol. The van der Waals surface area contributed by atoms with Crippen molar-refractivity contribution in [1.82, 2.24) is 5.32 Å². The summed E-state index contributed by atoms with van der Waals surface area (Å²) >= 11 is 0. The zero-order valence-electron chi connectivity index (χ0n) is 12.4. The van der Waals surface area contributed by atoms with Gasteiger partial charge in [-0.25, -0.2) is 0 Å². The van der Waals surface area contributed by atoms with Crippen LogP contribution in [-0.4, -0.2) is 32.2 Å². The summed E-state index contributed by atoms with van der Waals surface area (Å²) in [5.74, 6) is -0.0276. The van der Waals surface area contributed by atoms with Gasteiger partial charge in [-0.2, -0.15) is 0 Å². The molecule has 1 fully saturated rings. The summed E-state index contributed by atoms with van der Waals surface area (Å²) in [6.45, 7) is 3.12. The van der Waals surface area contributed by atoms with Crippen LogP contribution in [0.2, 0.25) is 0 Å². The molecule has 1 aromatic carbocycles. The number of benzene rings is 1. The molecule has 0 aromatic heterocycles. The third-order valence-electron chi connectivity index (χ3n) is 3.80. The van der Waals surface area contributed by atoms with Crippen molar-refractivity contribution in [3.05, 3.63) is 29.3 Å². The fraction of sp³-hybridized carbons (Fsp3) is 0.562. The van der Waals surface area contributed by atoms with Crippen molar-refractivity contribution in [3.63, 3.8) is 0 Å². The van der Waals surface area contributed by atoms with Gasteiger partial charge in [0.2, 0.25) is 0 Å². The third-order valence-corrected chi connectivity index (χ3v) is 3.80. The Hall–Kier alpha value is -1.55. The van der Waals surface area contributed by atoms with Gasteiger partial charge in [-0.05, 0) is 43.5 Å². The Morgan fingerprint density at radius 3 is 2.75 bits per heavy atom. The predicted molar refractivity (Wildman–Crippen MR) is 81.3 cm³/mol. The topological polar surface area (TPSA) is 50.4 Å². The molecule has 1 aromatic rings. The highest BCUT2D eigenvalue weighted by molar-refractivity contribution is 5.96. The van der Waals surface area contributed by atoms with Crippen LogP contribution in [0.4, 0.5) is 5.69 Å².